The van der Waals surface area contributed by atoms with Gasteiger partial charge in [0.2, 0.25) is 0 Å². The molecule has 0 radical (unpaired) electrons. The van der Waals surface area contributed by atoms with E-state index in [1.165, 1.54) is 2.88 Å². The number of thiophene rings is 1. The van der Waals surface area contributed by atoms with Crippen LogP contribution in [0.1, 0.15) is 38.7 Å². The summed E-state index contributed by atoms with van der Waals surface area (Å²) in [5.74, 6) is -0.326. The topological polar surface area (TPSA) is 26.3 Å². The smallest absolute Gasteiger partial charge is 0.333 e. The Morgan fingerprint density at radius 3 is 2.41 bits per heavy atom. The van der Waals surface area contributed by atoms with Crippen molar-refractivity contribution in [1.82, 2.24) is 0 Å². The van der Waals surface area contributed by atoms with E-state index in [2.05, 4.69) is 49.9 Å². The van der Waals surface area contributed by atoms with E-state index in [1.807, 2.05) is 12.1 Å². The standard InChI is InChI=1S/C13H17IO2S/c1-8(2)12(15)16-11(13(3,4)5)9-6-7-10(14)17-9/h6-7,11H,1H2,2-5H3. The lowest BCUT2D eigenvalue weighted by atomic mass is 9.88. The van der Waals surface area contributed by atoms with Gasteiger partial charge < -0.3 is 4.74 Å². The van der Waals surface area contributed by atoms with Gasteiger partial charge in [0.05, 0.1) is 2.88 Å². The number of halogens is 1. The van der Waals surface area contributed by atoms with Crippen molar-refractivity contribution >= 4 is 39.9 Å². The molecule has 1 atom stereocenters. The molecular weight excluding hydrogens is 347 g/mol. The molecule has 0 aromatic carbocycles. The summed E-state index contributed by atoms with van der Waals surface area (Å²) >= 11 is 3.93. The molecular formula is C13H17IO2S. The number of hydrogen-bond donors (Lipinski definition) is 0. The van der Waals surface area contributed by atoms with E-state index in [0.29, 0.717) is 5.57 Å². The highest BCUT2D eigenvalue weighted by atomic mass is 127. The average Bonchev–Trinajstić information content (AvgIpc) is 2.58. The minimum atomic E-state index is -0.326. The van der Waals surface area contributed by atoms with E-state index in [9.17, 15) is 4.79 Å². The van der Waals surface area contributed by atoms with Gasteiger partial charge in [-0.1, -0.05) is 27.4 Å². The molecule has 1 rings (SSSR count). The van der Waals surface area contributed by atoms with Crippen LogP contribution in [0.4, 0.5) is 0 Å². The Morgan fingerprint density at radius 2 is 2.06 bits per heavy atom. The highest BCUT2D eigenvalue weighted by Gasteiger charge is 2.31. The average molecular weight is 364 g/mol. The van der Waals surface area contributed by atoms with Crippen LogP contribution in [0.2, 0.25) is 0 Å². The maximum Gasteiger partial charge on any atom is 0.333 e. The molecule has 0 fully saturated rings. The van der Waals surface area contributed by atoms with Gasteiger partial charge >= 0.3 is 5.97 Å². The zero-order chi connectivity index (χ0) is 13.2. The van der Waals surface area contributed by atoms with Crippen LogP contribution in [-0.2, 0) is 9.53 Å². The first-order valence-electron chi connectivity index (χ1n) is 5.33. The summed E-state index contributed by atoms with van der Waals surface area (Å²) in [6.45, 7) is 11.5. The van der Waals surface area contributed by atoms with Crippen LogP contribution in [0.5, 0.6) is 0 Å². The molecule has 0 spiro atoms. The number of ether oxygens (including phenoxy) is 1. The van der Waals surface area contributed by atoms with Crippen LogP contribution < -0.4 is 0 Å². The van der Waals surface area contributed by atoms with E-state index < -0.39 is 0 Å². The first-order valence-corrected chi connectivity index (χ1v) is 7.23. The monoisotopic (exact) mass is 364 g/mol. The maximum absolute atomic E-state index is 11.7. The van der Waals surface area contributed by atoms with Gasteiger partial charge in [0, 0.05) is 15.9 Å². The van der Waals surface area contributed by atoms with Crippen molar-refractivity contribution in [3.8, 4) is 0 Å². The second kappa shape index (κ2) is 5.52. The van der Waals surface area contributed by atoms with Crippen molar-refractivity contribution in [3.63, 3.8) is 0 Å². The van der Waals surface area contributed by atoms with E-state index >= 15 is 0 Å². The molecule has 0 saturated carbocycles. The number of carbonyl (C=O) groups excluding carboxylic acids is 1. The van der Waals surface area contributed by atoms with Crippen molar-refractivity contribution in [2.24, 2.45) is 5.41 Å². The molecule has 0 aliphatic rings. The molecule has 0 amide bonds. The van der Waals surface area contributed by atoms with Crippen molar-refractivity contribution in [2.75, 3.05) is 0 Å². The normalized spacial score (nSPS) is 13.2. The van der Waals surface area contributed by atoms with Crippen LogP contribution in [0.25, 0.3) is 0 Å². The summed E-state index contributed by atoms with van der Waals surface area (Å²) in [5, 5.41) is 0. The van der Waals surface area contributed by atoms with Crippen molar-refractivity contribution < 1.29 is 9.53 Å². The Balaban J connectivity index is 2.98. The van der Waals surface area contributed by atoms with Gasteiger partial charge in [-0.3, -0.25) is 0 Å². The van der Waals surface area contributed by atoms with Crippen LogP contribution in [-0.4, -0.2) is 5.97 Å². The second-order valence-electron chi connectivity index (χ2n) is 5.07. The Kier molecular flexibility index (Phi) is 4.77. The zero-order valence-electron chi connectivity index (χ0n) is 10.5. The van der Waals surface area contributed by atoms with Crippen LogP contribution in [0.3, 0.4) is 0 Å². The minimum absolute atomic E-state index is 0.126. The zero-order valence-corrected chi connectivity index (χ0v) is 13.5. The molecule has 1 aromatic heterocycles. The summed E-state index contributed by atoms with van der Waals surface area (Å²) in [6.07, 6.45) is -0.222. The Bertz CT molecular complexity index is 429. The summed E-state index contributed by atoms with van der Waals surface area (Å²) in [4.78, 5) is 12.7. The Hall–Kier alpha value is -0.360. The Labute approximate surface area is 120 Å². The van der Waals surface area contributed by atoms with Crippen LogP contribution in [0, 0.1) is 8.30 Å². The highest BCUT2D eigenvalue weighted by molar-refractivity contribution is 14.1. The fraction of sp³-hybridized carbons (Fsp3) is 0.462. The fourth-order valence-corrected chi connectivity index (χ4v) is 3.29. The number of carbonyl (C=O) groups is 1. The van der Waals surface area contributed by atoms with E-state index in [4.69, 9.17) is 4.74 Å². The molecule has 2 nitrogen and oxygen atoms in total. The predicted molar refractivity (Wildman–Crippen MR) is 80.1 cm³/mol. The largest absolute Gasteiger partial charge is 0.453 e. The number of esters is 1. The van der Waals surface area contributed by atoms with Gasteiger partial charge in [-0.25, -0.2) is 4.79 Å². The van der Waals surface area contributed by atoms with E-state index in [-0.39, 0.29) is 17.5 Å². The molecule has 0 aliphatic carbocycles. The third kappa shape index (κ3) is 4.10. The van der Waals surface area contributed by atoms with Crippen LogP contribution in [0.15, 0.2) is 24.3 Å². The Morgan fingerprint density at radius 1 is 1.47 bits per heavy atom. The van der Waals surface area contributed by atoms with Crippen molar-refractivity contribution in [1.29, 1.82) is 0 Å². The van der Waals surface area contributed by atoms with Gasteiger partial charge in [-0.2, -0.15) is 0 Å². The van der Waals surface area contributed by atoms with E-state index in [0.717, 1.165) is 4.88 Å². The molecule has 0 N–H and O–H groups in total. The first-order chi connectivity index (χ1) is 7.71. The lowest BCUT2D eigenvalue weighted by Crippen LogP contribution is -2.23. The molecule has 4 heteroatoms. The minimum Gasteiger partial charge on any atom is -0.453 e. The lowest BCUT2D eigenvalue weighted by Gasteiger charge is -2.29. The van der Waals surface area contributed by atoms with Gasteiger partial charge in [0.1, 0.15) is 6.10 Å². The number of hydrogen-bond acceptors (Lipinski definition) is 3. The van der Waals surface area contributed by atoms with Crippen molar-refractivity contribution in [2.45, 2.75) is 33.8 Å². The van der Waals surface area contributed by atoms with Gasteiger partial charge in [-0.15, -0.1) is 11.3 Å². The molecule has 1 aromatic rings. The summed E-state index contributed by atoms with van der Waals surface area (Å²) in [7, 11) is 0. The third-order valence-electron chi connectivity index (χ3n) is 2.21. The van der Waals surface area contributed by atoms with Gasteiger partial charge in [0.15, 0.2) is 0 Å². The molecule has 94 valence electrons. The maximum atomic E-state index is 11.7. The lowest BCUT2D eigenvalue weighted by molar-refractivity contribution is -0.150. The molecule has 1 heterocycles. The predicted octanol–water partition coefficient (Wildman–Crippen LogP) is 4.56. The number of rotatable bonds is 3. The van der Waals surface area contributed by atoms with Crippen LogP contribution >= 0.6 is 33.9 Å². The highest BCUT2D eigenvalue weighted by Crippen LogP contribution is 2.39. The summed E-state index contributed by atoms with van der Waals surface area (Å²) in [6, 6.07) is 4.06. The quantitative estimate of drug-likeness (QED) is 0.447. The van der Waals surface area contributed by atoms with Gasteiger partial charge in [0.25, 0.3) is 0 Å². The second-order valence-corrected chi connectivity index (χ2v) is 8.08. The van der Waals surface area contributed by atoms with Gasteiger partial charge in [-0.05, 0) is 41.6 Å². The molecule has 17 heavy (non-hydrogen) atoms. The molecule has 0 saturated heterocycles. The summed E-state index contributed by atoms with van der Waals surface area (Å²) in [5.41, 5.74) is 0.310. The fourth-order valence-electron chi connectivity index (χ4n) is 1.34. The summed E-state index contributed by atoms with van der Waals surface area (Å²) < 4.78 is 6.74. The third-order valence-corrected chi connectivity index (χ3v) is 4.15. The van der Waals surface area contributed by atoms with Crippen molar-refractivity contribution in [3.05, 3.63) is 32.0 Å². The SMILES string of the molecule is C=C(C)C(=O)OC(c1ccc(I)s1)C(C)(C)C. The molecule has 0 bridgehead atoms. The first kappa shape index (κ1) is 14.7. The molecule has 1 unspecified atom stereocenters. The van der Waals surface area contributed by atoms with E-state index in [1.54, 1.807) is 18.3 Å². The molecule has 0 aliphatic heterocycles.